The Morgan fingerprint density at radius 3 is 2.81 bits per heavy atom. The highest BCUT2D eigenvalue weighted by Gasteiger charge is 2.22. The number of aliphatic imine (C=N–C) groups is 1. The second kappa shape index (κ2) is 9.16. The predicted octanol–water partition coefficient (Wildman–Crippen LogP) is 1.27. The fourth-order valence-electron chi connectivity index (χ4n) is 3.11. The monoisotopic (exact) mass is 368 g/mol. The maximum absolute atomic E-state index is 4.63. The first-order chi connectivity index (χ1) is 13.2. The van der Waals surface area contributed by atoms with Crippen molar-refractivity contribution in [2.24, 2.45) is 4.99 Å². The highest BCUT2D eigenvalue weighted by atomic mass is 15.3. The fourth-order valence-corrected chi connectivity index (χ4v) is 3.11. The first-order valence-electron chi connectivity index (χ1n) is 9.28. The van der Waals surface area contributed by atoms with E-state index in [0.717, 1.165) is 49.4 Å². The normalized spacial score (nSPS) is 17.5. The van der Waals surface area contributed by atoms with Crippen LogP contribution in [0.1, 0.15) is 18.5 Å². The fraction of sp³-hybridized carbons (Fsp3) is 0.474. The summed E-state index contributed by atoms with van der Waals surface area (Å²) in [4.78, 5) is 21.9. The lowest BCUT2D eigenvalue weighted by atomic mass is 10.1. The smallest absolute Gasteiger partial charge is 0.225 e. The minimum atomic E-state index is 0.301. The molecule has 1 fully saturated rings. The van der Waals surface area contributed by atoms with E-state index in [-0.39, 0.29) is 0 Å². The van der Waals surface area contributed by atoms with Crippen molar-refractivity contribution in [1.29, 1.82) is 0 Å². The summed E-state index contributed by atoms with van der Waals surface area (Å²) in [7, 11) is 5.77. The number of hydrogen-bond donors (Lipinski definition) is 2. The second-order valence-electron chi connectivity index (χ2n) is 6.79. The van der Waals surface area contributed by atoms with Crippen molar-refractivity contribution < 1.29 is 0 Å². The lowest BCUT2D eigenvalue weighted by Gasteiger charge is -2.33. The zero-order valence-corrected chi connectivity index (χ0v) is 16.3. The summed E-state index contributed by atoms with van der Waals surface area (Å²) in [5, 5.41) is 6.88. The highest BCUT2D eigenvalue weighted by molar-refractivity contribution is 5.80. The SMILES string of the molecule is CN=C(NCc1cccc(N(C)C)n1)NC1CCCN(c2ncccn2)C1. The van der Waals surface area contributed by atoms with E-state index in [0.29, 0.717) is 12.6 Å². The lowest BCUT2D eigenvalue weighted by molar-refractivity contribution is 0.463. The van der Waals surface area contributed by atoms with Gasteiger partial charge in [-0.25, -0.2) is 15.0 Å². The van der Waals surface area contributed by atoms with Gasteiger partial charge in [-0.05, 0) is 31.0 Å². The molecule has 144 valence electrons. The summed E-state index contributed by atoms with van der Waals surface area (Å²) < 4.78 is 0. The van der Waals surface area contributed by atoms with Crippen LogP contribution in [0.3, 0.4) is 0 Å². The average molecular weight is 368 g/mol. The van der Waals surface area contributed by atoms with Crippen LogP contribution < -0.4 is 20.4 Å². The van der Waals surface area contributed by atoms with Gasteiger partial charge in [0, 0.05) is 52.7 Å². The summed E-state index contributed by atoms with van der Waals surface area (Å²) in [6, 6.07) is 8.18. The molecular weight excluding hydrogens is 340 g/mol. The molecular formula is C19H28N8. The topological polar surface area (TPSA) is 81.6 Å². The molecule has 8 nitrogen and oxygen atoms in total. The van der Waals surface area contributed by atoms with Crippen LogP contribution in [0.5, 0.6) is 0 Å². The first-order valence-corrected chi connectivity index (χ1v) is 9.28. The maximum Gasteiger partial charge on any atom is 0.225 e. The van der Waals surface area contributed by atoms with Gasteiger partial charge in [0.25, 0.3) is 0 Å². The molecule has 1 unspecified atom stereocenters. The van der Waals surface area contributed by atoms with Crippen LogP contribution >= 0.6 is 0 Å². The van der Waals surface area contributed by atoms with Crippen molar-refractivity contribution in [1.82, 2.24) is 25.6 Å². The van der Waals surface area contributed by atoms with Crippen molar-refractivity contribution in [2.45, 2.75) is 25.4 Å². The largest absolute Gasteiger partial charge is 0.363 e. The summed E-state index contributed by atoms with van der Waals surface area (Å²) >= 11 is 0. The third-order valence-electron chi connectivity index (χ3n) is 4.51. The summed E-state index contributed by atoms with van der Waals surface area (Å²) in [5.41, 5.74) is 0.979. The molecule has 3 heterocycles. The van der Waals surface area contributed by atoms with Crippen molar-refractivity contribution in [3.63, 3.8) is 0 Å². The lowest BCUT2D eigenvalue weighted by Crippen LogP contribution is -2.51. The van der Waals surface area contributed by atoms with Crippen LogP contribution in [0, 0.1) is 0 Å². The minimum Gasteiger partial charge on any atom is -0.363 e. The van der Waals surface area contributed by atoms with E-state index in [9.17, 15) is 0 Å². The number of hydrogen-bond acceptors (Lipinski definition) is 6. The van der Waals surface area contributed by atoms with E-state index in [1.165, 1.54) is 0 Å². The Hall–Kier alpha value is -2.90. The molecule has 2 aromatic rings. The van der Waals surface area contributed by atoms with E-state index < -0.39 is 0 Å². The number of nitrogens with zero attached hydrogens (tertiary/aromatic N) is 6. The predicted molar refractivity (Wildman–Crippen MR) is 109 cm³/mol. The maximum atomic E-state index is 4.63. The molecule has 0 radical (unpaired) electrons. The number of anilines is 2. The zero-order valence-electron chi connectivity index (χ0n) is 16.3. The van der Waals surface area contributed by atoms with Gasteiger partial charge in [-0.3, -0.25) is 4.99 Å². The van der Waals surface area contributed by atoms with Crippen LogP contribution in [0.25, 0.3) is 0 Å². The van der Waals surface area contributed by atoms with Crippen LogP contribution in [0.2, 0.25) is 0 Å². The first kappa shape index (κ1) is 18.9. The van der Waals surface area contributed by atoms with Crippen molar-refractivity contribution in [3.05, 3.63) is 42.4 Å². The Bertz CT molecular complexity index is 746. The second-order valence-corrected chi connectivity index (χ2v) is 6.79. The molecule has 0 bridgehead atoms. The molecule has 27 heavy (non-hydrogen) atoms. The third kappa shape index (κ3) is 5.29. The van der Waals surface area contributed by atoms with Gasteiger partial charge in [-0.1, -0.05) is 6.07 Å². The average Bonchev–Trinajstić information content (AvgIpc) is 2.72. The van der Waals surface area contributed by atoms with E-state index in [4.69, 9.17) is 0 Å². The highest BCUT2D eigenvalue weighted by Crippen LogP contribution is 2.15. The van der Waals surface area contributed by atoms with E-state index in [1.807, 2.05) is 43.3 Å². The molecule has 1 aliphatic heterocycles. The molecule has 2 aromatic heterocycles. The Labute approximate surface area is 160 Å². The molecule has 3 rings (SSSR count). The van der Waals surface area contributed by atoms with Crippen molar-refractivity contribution in [3.8, 4) is 0 Å². The van der Waals surface area contributed by atoms with Gasteiger partial charge < -0.3 is 20.4 Å². The van der Waals surface area contributed by atoms with Crippen LogP contribution in [0.4, 0.5) is 11.8 Å². The molecule has 0 saturated carbocycles. The van der Waals surface area contributed by atoms with E-state index in [1.54, 1.807) is 19.4 Å². The molecule has 1 aliphatic rings. The minimum absolute atomic E-state index is 0.301. The molecule has 1 atom stereocenters. The van der Waals surface area contributed by atoms with Crippen LogP contribution in [-0.2, 0) is 6.54 Å². The third-order valence-corrected chi connectivity index (χ3v) is 4.51. The summed E-state index contributed by atoms with van der Waals surface area (Å²) in [6.07, 6.45) is 5.77. The van der Waals surface area contributed by atoms with Crippen LogP contribution in [0.15, 0.2) is 41.7 Å². The van der Waals surface area contributed by atoms with Crippen LogP contribution in [-0.4, -0.2) is 61.2 Å². The number of nitrogens with one attached hydrogen (secondary N) is 2. The van der Waals surface area contributed by atoms with Gasteiger partial charge >= 0.3 is 0 Å². The molecule has 0 spiro atoms. The van der Waals surface area contributed by atoms with Gasteiger partial charge in [0.2, 0.25) is 5.95 Å². The summed E-state index contributed by atoms with van der Waals surface area (Å²) in [5.74, 6) is 2.52. The van der Waals surface area contributed by atoms with Gasteiger partial charge in [0.15, 0.2) is 5.96 Å². The molecule has 2 N–H and O–H groups in total. The molecule has 0 amide bonds. The standard InChI is InChI=1S/C19H28N8/c1-20-18(23-13-15-7-4-9-17(24-15)26(2)3)25-16-8-5-12-27(14-16)19-21-10-6-11-22-19/h4,6-7,9-11,16H,5,8,12-14H2,1-3H3,(H2,20,23,25). The Morgan fingerprint density at radius 2 is 2.07 bits per heavy atom. The number of piperidine rings is 1. The van der Waals surface area contributed by atoms with Gasteiger partial charge in [-0.2, -0.15) is 0 Å². The quantitative estimate of drug-likeness (QED) is 0.608. The Balaban J connectivity index is 1.55. The van der Waals surface area contributed by atoms with Crippen molar-refractivity contribution >= 4 is 17.7 Å². The zero-order chi connectivity index (χ0) is 19.1. The number of guanidine groups is 1. The number of rotatable bonds is 5. The molecule has 8 heteroatoms. The van der Waals surface area contributed by atoms with Gasteiger partial charge in [0.1, 0.15) is 5.82 Å². The number of pyridine rings is 1. The molecule has 1 saturated heterocycles. The Morgan fingerprint density at radius 1 is 1.26 bits per heavy atom. The summed E-state index contributed by atoms with van der Waals surface area (Å²) in [6.45, 7) is 2.47. The van der Waals surface area contributed by atoms with E-state index in [2.05, 4.69) is 35.5 Å². The van der Waals surface area contributed by atoms with Gasteiger partial charge in [-0.15, -0.1) is 0 Å². The van der Waals surface area contributed by atoms with Gasteiger partial charge in [0.05, 0.1) is 12.2 Å². The molecule has 0 aromatic carbocycles. The Kier molecular flexibility index (Phi) is 6.40. The van der Waals surface area contributed by atoms with Crippen molar-refractivity contribution in [2.75, 3.05) is 44.0 Å². The number of aromatic nitrogens is 3. The van der Waals surface area contributed by atoms with E-state index >= 15 is 0 Å². The molecule has 0 aliphatic carbocycles.